The van der Waals surface area contributed by atoms with Crippen molar-refractivity contribution in [2.24, 2.45) is 18.2 Å². The van der Waals surface area contributed by atoms with Gasteiger partial charge in [-0.1, -0.05) is 32.9 Å². The standard InChI is InChI=1S/C15H23N3/c1-15(2,3)9-11(10-16)14-17-12-7-5-6-8-13(12)18(14)4/h5-8,11H,9-10,16H2,1-4H3. The molecule has 3 heteroatoms. The number of para-hydroxylation sites is 2. The van der Waals surface area contributed by atoms with Gasteiger partial charge in [-0.25, -0.2) is 4.98 Å². The van der Waals surface area contributed by atoms with E-state index in [1.165, 1.54) is 5.52 Å². The second-order valence-corrected chi connectivity index (χ2v) is 6.22. The summed E-state index contributed by atoms with van der Waals surface area (Å²) in [6.45, 7) is 7.39. The highest BCUT2D eigenvalue weighted by atomic mass is 15.1. The van der Waals surface area contributed by atoms with Gasteiger partial charge in [-0.15, -0.1) is 0 Å². The molecule has 0 aliphatic heterocycles. The van der Waals surface area contributed by atoms with Crippen LogP contribution < -0.4 is 5.73 Å². The van der Waals surface area contributed by atoms with Crippen molar-refractivity contribution >= 4 is 11.0 Å². The lowest BCUT2D eigenvalue weighted by molar-refractivity contribution is 0.333. The van der Waals surface area contributed by atoms with E-state index in [0.717, 1.165) is 17.8 Å². The minimum absolute atomic E-state index is 0.266. The van der Waals surface area contributed by atoms with Gasteiger partial charge in [0.1, 0.15) is 5.82 Å². The topological polar surface area (TPSA) is 43.8 Å². The molecular weight excluding hydrogens is 222 g/mol. The Morgan fingerprint density at radius 3 is 2.50 bits per heavy atom. The third kappa shape index (κ3) is 2.56. The molecule has 0 bridgehead atoms. The summed E-state index contributed by atoms with van der Waals surface area (Å²) in [5, 5.41) is 0. The van der Waals surface area contributed by atoms with E-state index in [4.69, 9.17) is 10.7 Å². The average molecular weight is 245 g/mol. The van der Waals surface area contributed by atoms with E-state index in [1.54, 1.807) is 0 Å². The van der Waals surface area contributed by atoms with Gasteiger partial charge in [-0.05, 0) is 24.0 Å². The zero-order chi connectivity index (χ0) is 13.3. The van der Waals surface area contributed by atoms with E-state index in [2.05, 4.69) is 50.6 Å². The van der Waals surface area contributed by atoms with Crippen LogP contribution >= 0.6 is 0 Å². The molecule has 0 radical (unpaired) electrons. The monoisotopic (exact) mass is 245 g/mol. The summed E-state index contributed by atoms with van der Waals surface area (Å²) in [4.78, 5) is 4.75. The van der Waals surface area contributed by atoms with Gasteiger partial charge in [0.15, 0.2) is 0 Å². The molecule has 0 spiro atoms. The van der Waals surface area contributed by atoms with Gasteiger partial charge in [-0.3, -0.25) is 0 Å². The molecule has 2 N–H and O–H groups in total. The summed E-state index contributed by atoms with van der Waals surface area (Å²) in [7, 11) is 2.08. The Morgan fingerprint density at radius 2 is 1.94 bits per heavy atom. The molecule has 0 aliphatic carbocycles. The summed E-state index contributed by atoms with van der Waals surface area (Å²) in [6.07, 6.45) is 1.06. The second-order valence-electron chi connectivity index (χ2n) is 6.22. The van der Waals surface area contributed by atoms with Crippen LogP contribution in [0.3, 0.4) is 0 Å². The molecule has 1 atom stereocenters. The highest BCUT2D eigenvalue weighted by molar-refractivity contribution is 5.75. The van der Waals surface area contributed by atoms with Gasteiger partial charge < -0.3 is 10.3 Å². The molecule has 2 rings (SSSR count). The third-order valence-corrected chi connectivity index (χ3v) is 3.33. The Balaban J connectivity index is 2.42. The molecule has 0 saturated heterocycles. The van der Waals surface area contributed by atoms with Crippen LogP contribution in [-0.2, 0) is 7.05 Å². The van der Waals surface area contributed by atoms with Crippen LogP contribution in [0.15, 0.2) is 24.3 Å². The third-order valence-electron chi connectivity index (χ3n) is 3.33. The van der Waals surface area contributed by atoms with Crippen LogP contribution in [0.4, 0.5) is 0 Å². The number of imidazole rings is 1. The summed E-state index contributed by atoms with van der Waals surface area (Å²) in [5.41, 5.74) is 8.45. The summed E-state index contributed by atoms with van der Waals surface area (Å²) >= 11 is 0. The van der Waals surface area contributed by atoms with Crippen LogP contribution in [0, 0.1) is 5.41 Å². The normalized spacial score (nSPS) is 14.1. The van der Waals surface area contributed by atoms with Crippen molar-refractivity contribution in [1.29, 1.82) is 0 Å². The molecule has 1 heterocycles. The van der Waals surface area contributed by atoms with Crippen LogP contribution in [0.1, 0.15) is 38.9 Å². The number of fused-ring (bicyclic) bond motifs is 1. The lowest BCUT2D eigenvalue weighted by Gasteiger charge is -2.24. The number of hydrogen-bond donors (Lipinski definition) is 1. The Morgan fingerprint density at radius 1 is 1.28 bits per heavy atom. The van der Waals surface area contributed by atoms with Crippen molar-refractivity contribution in [2.45, 2.75) is 33.1 Å². The average Bonchev–Trinajstić information content (AvgIpc) is 2.63. The van der Waals surface area contributed by atoms with Crippen LogP contribution in [0.25, 0.3) is 11.0 Å². The van der Waals surface area contributed by atoms with Gasteiger partial charge in [-0.2, -0.15) is 0 Å². The number of hydrogen-bond acceptors (Lipinski definition) is 2. The number of aryl methyl sites for hydroxylation is 1. The van der Waals surface area contributed by atoms with Gasteiger partial charge in [0.05, 0.1) is 11.0 Å². The fourth-order valence-corrected chi connectivity index (χ4v) is 2.55. The van der Waals surface area contributed by atoms with Crippen molar-refractivity contribution in [3.8, 4) is 0 Å². The number of benzene rings is 1. The number of nitrogens with zero attached hydrogens (tertiary/aromatic N) is 2. The molecule has 1 unspecified atom stereocenters. The Kier molecular flexibility index (Phi) is 3.44. The van der Waals surface area contributed by atoms with E-state index in [9.17, 15) is 0 Å². The van der Waals surface area contributed by atoms with Gasteiger partial charge >= 0.3 is 0 Å². The molecule has 0 saturated carbocycles. The molecule has 1 aromatic carbocycles. The minimum Gasteiger partial charge on any atom is -0.331 e. The summed E-state index contributed by atoms with van der Waals surface area (Å²) in [6, 6.07) is 8.25. The number of rotatable bonds is 3. The van der Waals surface area contributed by atoms with Crippen LogP contribution in [0.5, 0.6) is 0 Å². The maximum Gasteiger partial charge on any atom is 0.114 e. The molecule has 18 heavy (non-hydrogen) atoms. The molecule has 3 nitrogen and oxygen atoms in total. The minimum atomic E-state index is 0.266. The molecule has 0 amide bonds. The fraction of sp³-hybridized carbons (Fsp3) is 0.533. The lowest BCUT2D eigenvalue weighted by Crippen LogP contribution is -2.22. The lowest BCUT2D eigenvalue weighted by atomic mass is 9.84. The van der Waals surface area contributed by atoms with Crippen molar-refractivity contribution in [2.75, 3.05) is 6.54 Å². The van der Waals surface area contributed by atoms with Crippen LogP contribution in [-0.4, -0.2) is 16.1 Å². The smallest absolute Gasteiger partial charge is 0.114 e. The fourth-order valence-electron chi connectivity index (χ4n) is 2.55. The van der Waals surface area contributed by atoms with E-state index in [0.29, 0.717) is 12.5 Å². The molecule has 0 aliphatic rings. The first kappa shape index (κ1) is 13.1. The maximum atomic E-state index is 5.95. The molecule has 2 aromatic rings. The van der Waals surface area contributed by atoms with E-state index in [-0.39, 0.29) is 5.41 Å². The van der Waals surface area contributed by atoms with Crippen LogP contribution in [0.2, 0.25) is 0 Å². The second kappa shape index (κ2) is 4.73. The summed E-state index contributed by atoms with van der Waals surface area (Å²) in [5.74, 6) is 1.43. The zero-order valence-electron chi connectivity index (χ0n) is 11.8. The Hall–Kier alpha value is -1.35. The molecule has 0 fully saturated rings. The first-order valence-electron chi connectivity index (χ1n) is 6.54. The van der Waals surface area contributed by atoms with E-state index in [1.807, 2.05) is 6.07 Å². The first-order chi connectivity index (χ1) is 8.42. The molecule has 1 aromatic heterocycles. The predicted octanol–water partition coefficient (Wildman–Crippen LogP) is 3.05. The number of aromatic nitrogens is 2. The van der Waals surface area contributed by atoms with Gasteiger partial charge in [0.2, 0.25) is 0 Å². The Labute approximate surface area is 109 Å². The predicted molar refractivity (Wildman–Crippen MR) is 76.6 cm³/mol. The quantitative estimate of drug-likeness (QED) is 0.903. The highest BCUT2D eigenvalue weighted by Gasteiger charge is 2.23. The summed E-state index contributed by atoms with van der Waals surface area (Å²) < 4.78 is 2.18. The van der Waals surface area contributed by atoms with E-state index < -0.39 is 0 Å². The van der Waals surface area contributed by atoms with E-state index >= 15 is 0 Å². The number of nitrogens with two attached hydrogens (primary N) is 1. The van der Waals surface area contributed by atoms with Gasteiger partial charge in [0.25, 0.3) is 0 Å². The molecular formula is C15H23N3. The van der Waals surface area contributed by atoms with Crippen molar-refractivity contribution < 1.29 is 0 Å². The van der Waals surface area contributed by atoms with Crippen molar-refractivity contribution in [3.63, 3.8) is 0 Å². The zero-order valence-corrected chi connectivity index (χ0v) is 11.8. The molecule has 98 valence electrons. The highest BCUT2D eigenvalue weighted by Crippen LogP contribution is 2.31. The SMILES string of the molecule is Cn1c(C(CN)CC(C)(C)C)nc2ccccc21. The van der Waals surface area contributed by atoms with Crippen molar-refractivity contribution in [1.82, 2.24) is 9.55 Å². The van der Waals surface area contributed by atoms with Gasteiger partial charge in [0, 0.05) is 19.5 Å². The Bertz CT molecular complexity index is 534. The largest absolute Gasteiger partial charge is 0.331 e. The first-order valence-corrected chi connectivity index (χ1v) is 6.54. The maximum absolute atomic E-state index is 5.95. The van der Waals surface area contributed by atoms with Crippen molar-refractivity contribution in [3.05, 3.63) is 30.1 Å².